The Kier molecular flexibility index (Phi) is 3.70. The first-order valence-electron chi connectivity index (χ1n) is 4.61. The second kappa shape index (κ2) is 4.43. The van der Waals surface area contributed by atoms with Crippen molar-refractivity contribution < 1.29 is 5.11 Å². The van der Waals surface area contributed by atoms with Gasteiger partial charge in [-0.25, -0.2) is 0 Å². The first-order valence-corrected chi connectivity index (χ1v) is 5.40. The molecule has 3 N–H and O–H groups in total. The van der Waals surface area contributed by atoms with Gasteiger partial charge in [0.2, 0.25) is 0 Å². The average Bonchev–Trinajstić information content (AvgIpc) is 2.17. The molecule has 3 heteroatoms. The molecule has 14 heavy (non-hydrogen) atoms. The van der Waals surface area contributed by atoms with Gasteiger partial charge in [0.05, 0.1) is 6.61 Å². The highest BCUT2D eigenvalue weighted by Gasteiger charge is 2.26. The topological polar surface area (TPSA) is 46.2 Å². The Hall–Kier alpha value is -0.380. The molecule has 0 saturated carbocycles. The molecule has 0 aromatic heterocycles. The molecule has 0 radical (unpaired) electrons. The van der Waals surface area contributed by atoms with Crippen LogP contribution in [-0.4, -0.2) is 18.3 Å². The lowest BCUT2D eigenvalue weighted by Crippen LogP contribution is -2.35. The predicted octanol–water partition coefficient (Wildman–Crippen LogP) is 1.97. The summed E-state index contributed by atoms with van der Waals surface area (Å²) in [5, 5.41) is 9.33. The Bertz CT molecular complexity index is 321. The first kappa shape index (κ1) is 11.7. The highest BCUT2D eigenvalue weighted by molar-refractivity contribution is 9.10. The summed E-state index contributed by atoms with van der Waals surface area (Å²) in [6.45, 7) is 4.49. The largest absolute Gasteiger partial charge is 0.395 e. The van der Waals surface area contributed by atoms with E-state index in [1.165, 1.54) is 5.56 Å². The van der Waals surface area contributed by atoms with Crippen LogP contribution in [0.4, 0.5) is 0 Å². The van der Waals surface area contributed by atoms with Crippen molar-refractivity contribution in [2.75, 3.05) is 13.2 Å². The van der Waals surface area contributed by atoms with Crippen molar-refractivity contribution >= 4 is 15.9 Å². The number of aliphatic hydroxyl groups is 1. The van der Waals surface area contributed by atoms with Crippen molar-refractivity contribution in [1.82, 2.24) is 0 Å². The third-order valence-electron chi connectivity index (χ3n) is 2.57. The molecule has 0 fully saturated rings. The van der Waals surface area contributed by atoms with Gasteiger partial charge in [0.25, 0.3) is 0 Å². The monoisotopic (exact) mass is 257 g/mol. The van der Waals surface area contributed by atoms with Crippen molar-refractivity contribution in [3.63, 3.8) is 0 Å². The maximum atomic E-state index is 9.33. The minimum absolute atomic E-state index is 0.0607. The van der Waals surface area contributed by atoms with Crippen molar-refractivity contribution in [3.05, 3.63) is 33.8 Å². The van der Waals surface area contributed by atoms with Crippen LogP contribution in [0.2, 0.25) is 0 Å². The van der Waals surface area contributed by atoms with Gasteiger partial charge in [-0.3, -0.25) is 0 Å². The lowest BCUT2D eigenvalue weighted by atomic mass is 9.83. The van der Waals surface area contributed by atoms with Crippen molar-refractivity contribution in [3.8, 4) is 0 Å². The summed E-state index contributed by atoms with van der Waals surface area (Å²) in [6, 6.07) is 6.09. The van der Waals surface area contributed by atoms with E-state index in [0.29, 0.717) is 6.54 Å². The molecule has 1 unspecified atom stereocenters. The van der Waals surface area contributed by atoms with Gasteiger partial charge >= 0.3 is 0 Å². The van der Waals surface area contributed by atoms with Gasteiger partial charge in [-0.15, -0.1) is 0 Å². The highest BCUT2D eigenvalue weighted by Crippen LogP contribution is 2.30. The fourth-order valence-electron chi connectivity index (χ4n) is 1.37. The zero-order chi connectivity index (χ0) is 10.8. The normalized spacial score (nSPS) is 15.2. The number of rotatable bonds is 3. The molecule has 0 saturated heterocycles. The van der Waals surface area contributed by atoms with Crippen LogP contribution >= 0.6 is 15.9 Å². The second-order valence-corrected chi connectivity index (χ2v) is 4.76. The van der Waals surface area contributed by atoms with Gasteiger partial charge in [0.1, 0.15) is 0 Å². The number of hydrogen-bond donors (Lipinski definition) is 2. The third-order valence-corrected chi connectivity index (χ3v) is 3.23. The molecule has 0 aliphatic carbocycles. The van der Waals surface area contributed by atoms with E-state index in [1.54, 1.807) is 0 Å². The summed E-state index contributed by atoms with van der Waals surface area (Å²) in [7, 11) is 0. The summed E-state index contributed by atoms with van der Waals surface area (Å²) in [5.41, 5.74) is 7.58. The lowest BCUT2D eigenvalue weighted by Gasteiger charge is -2.27. The molecule has 1 rings (SSSR count). The number of benzene rings is 1. The van der Waals surface area contributed by atoms with E-state index >= 15 is 0 Å². The quantitative estimate of drug-likeness (QED) is 0.870. The molecule has 1 aromatic carbocycles. The summed E-state index contributed by atoms with van der Waals surface area (Å²) in [6.07, 6.45) is 0. The molecule has 0 aliphatic rings. The summed E-state index contributed by atoms with van der Waals surface area (Å²) in [5.74, 6) is 0. The predicted molar refractivity (Wildman–Crippen MR) is 62.4 cm³/mol. The highest BCUT2D eigenvalue weighted by atomic mass is 79.9. The molecule has 0 spiro atoms. The van der Waals surface area contributed by atoms with E-state index in [2.05, 4.69) is 15.9 Å². The van der Waals surface area contributed by atoms with Crippen molar-refractivity contribution in [2.24, 2.45) is 5.73 Å². The van der Waals surface area contributed by atoms with Crippen LogP contribution in [0.5, 0.6) is 0 Å². The van der Waals surface area contributed by atoms with Crippen LogP contribution in [0.15, 0.2) is 22.7 Å². The SMILES string of the molecule is Cc1ccc(C(C)(CN)CO)c(Br)c1. The van der Waals surface area contributed by atoms with Gasteiger partial charge in [0, 0.05) is 16.4 Å². The maximum Gasteiger partial charge on any atom is 0.0537 e. The third kappa shape index (κ3) is 2.16. The van der Waals surface area contributed by atoms with Crippen LogP contribution in [0.25, 0.3) is 0 Å². The zero-order valence-corrected chi connectivity index (χ0v) is 10.1. The van der Waals surface area contributed by atoms with E-state index in [1.807, 2.05) is 32.0 Å². The first-order chi connectivity index (χ1) is 6.53. The summed E-state index contributed by atoms with van der Waals surface area (Å²) < 4.78 is 1.01. The minimum Gasteiger partial charge on any atom is -0.395 e. The molecule has 1 atom stereocenters. The molecule has 78 valence electrons. The fraction of sp³-hybridized carbons (Fsp3) is 0.455. The molecule has 1 aromatic rings. The smallest absolute Gasteiger partial charge is 0.0537 e. The van der Waals surface area contributed by atoms with Crippen LogP contribution in [0, 0.1) is 6.92 Å². The van der Waals surface area contributed by atoms with E-state index in [9.17, 15) is 5.11 Å². The number of halogens is 1. The van der Waals surface area contributed by atoms with E-state index in [4.69, 9.17) is 5.73 Å². The number of aryl methyl sites for hydroxylation is 1. The van der Waals surface area contributed by atoms with Crippen LogP contribution in [-0.2, 0) is 5.41 Å². The van der Waals surface area contributed by atoms with Gasteiger partial charge in [0.15, 0.2) is 0 Å². The fourth-order valence-corrected chi connectivity index (χ4v) is 2.34. The number of hydrogen-bond acceptors (Lipinski definition) is 2. The maximum absolute atomic E-state index is 9.33. The molecule has 0 bridgehead atoms. The van der Waals surface area contributed by atoms with Gasteiger partial charge < -0.3 is 10.8 Å². The summed E-state index contributed by atoms with van der Waals surface area (Å²) >= 11 is 3.50. The standard InChI is InChI=1S/C11H16BrNO/c1-8-3-4-9(10(12)5-8)11(2,6-13)7-14/h3-5,14H,6-7,13H2,1-2H3. The number of nitrogens with two attached hydrogens (primary N) is 1. The number of aliphatic hydroxyl groups excluding tert-OH is 1. The van der Waals surface area contributed by atoms with Crippen LogP contribution in [0.1, 0.15) is 18.1 Å². The molecular weight excluding hydrogens is 242 g/mol. The van der Waals surface area contributed by atoms with E-state index < -0.39 is 0 Å². The Morgan fingerprint density at radius 3 is 2.57 bits per heavy atom. The Morgan fingerprint density at radius 2 is 2.14 bits per heavy atom. The Balaban J connectivity index is 3.17. The van der Waals surface area contributed by atoms with Gasteiger partial charge in [-0.05, 0) is 24.1 Å². The molecular formula is C11H16BrNO. The minimum atomic E-state index is -0.355. The molecule has 2 nitrogen and oxygen atoms in total. The Morgan fingerprint density at radius 1 is 1.50 bits per heavy atom. The zero-order valence-electron chi connectivity index (χ0n) is 8.55. The second-order valence-electron chi connectivity index (χ2n) is 3.91. The average molecular weight is 258 g/mol. The van der Waals surface area contributed by atoms with Crippen LogP contribution < -0.4 is 5.73 Å². The summed E-state index contributed by atoms with van der Waals surface area (Å²) in [4.78, 5) is 0. The molecule has 0 amide bonds. The Labute approximate surface area is 93.3 Å². The van der Waals surface area contributed by atoms with Crippen molar-refractivity contribution in [1.29, 1.82) is 0 Å². The molecule has 0 heterocycles. The van der Waals surface area contributed by atoms with E-state index in [0.717, 1.165) is 10.0 Å². The van der Waals surface area contributed by atoms with Gasteiger partial charge in [-0.1, -0.05) is 35.0 Å². The van der Waals surface area contributed by atoms with Gasteiger partial charge in [-0.2, -0.15) is 0 Å². The van der Waals surface area contributed by atoms with Crippen molar-refractivity contribution in [2.45, 2.75) is 19.3 Å². The van der Waals surface area contributed by atoms with Crippen LogP contribution in [0.3, 0.4) is 0 Å². The molecule has 0 aliphatic heterocycles. The van der Waals surface area contributed by atoms with E-state index in [-0.39, 0.29) is 12.0 Å². The lowest BCUT2D eigenvalue weighted by molar-refractivity contribution is 0.210.